The summed E-state index contributed by atoms with van der Waals surface area (Å²) in [5.41, 5.74) is 0.616. The fourth-order valence-electron chi connectivity index (χ4n) is 3.83. The third-order valence-electron chi connectivity index (χ3n) is 5.59. The highest BCUT2D eigenvalue weighted by molar-refractivity contribution is 5.89. The molecule has 8 heteroatoms. The Morgan fingerprint density at radius 2 is 1.85 bits per heavy atom. The van der Waals surface area contributed by atoms with Gasteiger partial charge in [-0.2, -0.15) is 0 Å². The van der Waals surface area contributed by atoms with Crippen LogP contribution < -0.4 is 5.32 Å². The molecule has 0 bridgehead atoms. The van der Waals surface area contributed by atoms with Crippen LogP contribution in [0.25, 0.3) is 0 Å². The number of anilines is 1. The van der Waals surface area contributed by atoms with Crippen molar-refractivity contribution in [3.63, 3.8) is 0 Å². The predicted molar refractivity (Wildman–Crippen MR) is 105 cm³/mol. The molecule has 2 fully saturated rings. The fourth-order valence-corrected chi connectivity index (χ4v) is 3.83. The molecule has 27 heavy (non-hydrogen) atoms. The fraction of sp³-hybridized carbons (Fsp3) is 0.632. The smallest absolute Gasteiger partial charge is 0.322 e. The number of urea groups is 1. The number of likely N-dealkylation sites (tertiary alicyclic amines) is 1. The first-order chi connectivity index (χ1) is 13.0. The molecule has 1 aromatic rings. The molecule has 1 N–H and O–H groups in total. The van der Waals surface area contributed by atoms with Crippen molar-refractivity contribution < 1.29 is 9.72 Å². The van der Waals surface area contributed by atoms with E-state index in [2.05, 4.69) is 22.2 Å². The molecule has 0 radical (unpaired) electrons. The summed E-state index contributed by atoms with van der Waals surface area (Å²) in [7, 11) is 2.16. The summed E-state index contributed by atoms with van der Waals surface area (Å²) in [5.74, 6) is 0. The Bertz CT molecular complexity index is 643. The topological polar surface area (TPSA) is 82.0 Å². The number of rotatable bonds is 5. The maximum atomic E-state index is 12.8. The van der Waals surface area contributed by atoms with Crippen LogP contribution >= 0.6 is 0 Å². The van der Waals surface area contributed by atoms with E-state index in [1.165, 1.54) is 12.1 Å². The lowest BCUT2D eigenvalue weighted by atomic mass is 9.99. The molecular formula is C19H29N5O3. The average Bonchev–Trinajstić information content (AvgIpc) is 2.68. The van der Waals surface area contributed by atoms with Crippen molar-refractivity contribution in [3.8, 4) is 0 Å². The van der Waals surface area contributed by atoms with E-state index in [9.17, 15) is 14.9 Å². The number of nitrogens with one attached hydrogen (secondary N) is 1. The van der Waals surface area contributed by atoms with Gasteiger partial charge in [-0.15, -0.1) is 0 Å². The van der Waals surface area contributed by atoms with Crippen molar-refractivity contribution in [1.82, 2.24) is 14.7 Å². The number of amides is 2. The molecule has 1 aromatic carbocycles. The molecule has 2 heterocycles. The molecule has 2 amide bonds. The van der Waals surface area contributed by atoms with Gasteiger partial charge in [0.1, 0.15) is 0 Å². The van der Waals surface area contributed by atoms with Crippen LogP contribution in [0, 0.1) is 10.1 Å². The minimum Gasteiger partial charge on any atom is -0.322 e. The number of nitro benzene ring substituents is 1. The van der Waals surface area contributed by atoms with E-state index in [1.54, 1.807) is 12.1 Å². The summed E-state index contributed by atoms with van der Waals surface area (Å²) >= 11 is 0. The second-order valence-electron chi connectivity index (χ2n) is 7.51. The number of hydrogen-bond acceptors (Lipinski definition) is 5. The van der Waals surface area contributed by atoms with Gasteiger partial charge in [-0.05, 0) is 44.9 Å². The van der Waals surface area contributed by atoms with Crippen LogP contribution in [-0.4, -0.2) is 78.0 Å². The molecule has 8 nitrogen and oxygen atoms in total. The zero-order valence-corrected chi connectivity index (χ0v) is 16.0. The number of likely N-dealkylation sites (N-methyl/N-ethyl adjacent to an activating group) is 1. The SMILES string of the molecule is CN1CCN(CCC2CCCCN2C(=O)Nc2ccc([N+](=O)[O-])cc2)CC1. The molecule has 0 spiro atoms. The molecule has 2 aliphatic heterocycles. The van der Waals surface area contributed by atoms with Crippen LogP contribution in [0.15, 0.2) is 24.3 Å². The van der Waals surface area contributed by atoms with Crippen molar-refractivity contribution >= 4 is 17.4 Å². The molecule has 0 saturated carbocycles. The van der Waals surface area contributed by atoms with Gasteiger partial charge in [0.15, 0.2) is 0 Å². The van der Waals surface area contributed by atoms with E-state index in [0.717, 1.165) is 65.0 Å². The molecule has 2 saturated heterocycles. The van der Waals surface area contributed by atoms with Gasteiger partial charge in [0.05, 0.1) is 4.92 Å². The number of non-ortho nitro benzene ring substituents is 1. The van der Waals surface area contributed by atoms with E-state index >= 15 is 0 Å². The lowest BCUT2D eigenvalue weighted by Gasteiger charge is -2.38. The highest BCUT2D eigenvalue weighted by Crippen LogP contribution is 2.22. The second kappa shape index (κ2) is 9.14. The lowest BCUT2D eigenvalue weighted by molar-refractivity contribution is -0.384. The molecule has 148 valence electrons. The third-order valence-corrected chi connectivity index (χ3v) is 5.59. The van der Waals surface area contributed by atoms with Crippen molar-refractivity contribution in [2.24, 2.45) is 0 Å². The van der Waals surface area contributed by atoms with Crippen LogP contribution in [-0.2, 0) is 0 Å². The first-order valence-corrected chi connectivity index (χ1v) is 9.76. The molecule has 0 aromatic heterocycles. The summed E-state index contributed by atoms with van der Waals surface area (Å²) < 4.78 is 0. The first-order valence-electron chi connectivity index (χ1n) is 9.76. The monoisotopic (exact) mass is 375 g/mol. The van der Waals surface area contributed by atoms with Crippen LogP contribution in [0.1, 0.15) is 25.7 Å². The normalized spacial score (nSPS) is 21.8. The minimum absolute atomic E-state index is 0.0241. The van der Waals surface area contributed by atoms with E-state index in [1.807, 2.05) is 4.90 Å². The van der Waals surface area contributed by atoms with Gasteiger partial charge >= 0.3 is 6.03 Å². The summed E-state index contributed by atoms with van der Waals surface area (Å²) in [6, 6.07) is 6.15. The Labute approximate surface area is 160 Å². The van der Waals surface area contributed by atoms with E-state index < -0.39 is 4.92 Å². The molecular weight excluding hydrogens is 346 g/mol. The highest BCUT2D eigenvalue weighted by Gasteiger charge is 2.27. The van der Waals surface area contributed by atoms with E-state index in [4.69, 9.17) is 0 Å². The molecule has 0 aliphatic carbocycles. The zero-order chi connectivity index (χ0) is 19.2. The van der Waals surface area contributed by atoms with Crippen LogP contribution in [0.3, 0.4) is 0 Å². The van der Waals surface area contributed by atoms with Crippen molar-refractivity contribution in [1.29, 1.82) is 0 Å². The number of benzene rings is 1. The van der Waals surface area contributed by atoms with E-state index in [-0.39, 0.29) is 17.8 Å². The lowest BCUT2D eigenvalue weighted by Crippen LogP contribution is -2.49. The predicted octanol–water partition coefficient (Wildman–Crippen LogP) is 2.62. The number of nitro groups is 1. The molecule has 3 rings (SSSR count). The summed E-state index contributed by atoms with van der Waals surface area (Å²) in [6.45, 7) is 6.20. The Kier molecular flexibility index (Phi) is 6.63. The van der Waals surface area contributed by atoms with Crippen LogP contribution in [0.5, 0.6) is 0 Å². The maximum Gasteiger partial charge on any atom is 0.322 e. The second-order valence-corrected chi connectivity index (χ2v) is 7.51. The van der Waals surface area contributed by atoms with Gasteiger partial charge < -0.3 is 20.0 Å². The number of piperazine rings is 1. The maximum absolute atomic E-state index is 12.8. The zero-order valence-electron chi connectivity index (χ0n) is 16.0. The van der Waals surface area contributed by atoms with Gasteiger partial charge in [0, 0.05) is 63.1 Å². The Hall–Kier alpha value is -2.19. The number of carbonyl (C=O) groups excluding carboxylic acids is 1. The van der Waals surface area contributed by atoms with Gasteiger partial charge in [0.2, 0.25) is 0 Å². The highest BCUT2D eigenvalue weighted by atomic mass is 16.6. The van der Waals surface area contributed by atoms with Gasteiger partial charge in [-0.3, -0.25) is 10.1 Å². The summed E-state index contributed by atoms with van der Waals surface area (Å²) in [5, 5.41) is 13.6. The largest absolute Gasteiger partial charge is 0.322 e. The van der Waals surface area contributed by atoms with Crippen LogP contribution in [0.4, 0.5) is 16.2 Å². The molecule has 2 aliphatic rings. The van der Waals surface area contributed by atoms with Gasteiger partial charge in [0.25, 0.3) is 5.69 Å². The standard InChI is InChI=1S/C19H29N5O3/c1-21-12-14-22(15-13-21)11-9-17-4-2-3-10-23(17)19(25)20-16-5-7-18(8-6-16)24(26)27/h5-8,17H,2-4,9-15H2,1H3,(H,20,25). The number of nitrogens with zero attached hydrogens (tertiary/aromatic N) is 4. The van der Waals surface area contributed by atoms with Crippen LogP contribution in [0.2, 0.25) is 0 Å². The molecule has 1 atom stereocenters. The quantitative estimate of drug-likeness (QED) is 0.632. The van der Waals surface area contributed by atoms with Gasteiger partial charge in [-0.1, -0.05) is 0 Å². The van der Waals surface area contributed by atoms with Gasteiger partial charge in [-0.25, -0.2) is 4.79 Å². The van der Waals surface area contributed by atoms with Crippen molar-refractivity contribution in [2.75, 3.05) is 51.6 Å². The Morgan fingerprint density at radius 1 is 1.15 bits per heavy atom. The average molecular weight is 375 g/mol. The minimum atomic E-state index is -0.440. The molecule has 1 unspecified atom stereocenters. The summed E-state index contributed by atoms with van der Waals surface area (Å²) in [6.07, 6.45) is 4.23. The third kappa shape index (κ3) is 5.40. The Balaban J connectivity index is 1.54. The van der Waals surface area contributed by atoms with Crippen molar-refractivity contribution in [3.05, 3.63) is 34.4 Å². The number of carbonyl (C=O) groups is 1. The number of hydrogen-bond donors (Lipinski definition) is 1. The Morgan fingerprint density at radius 3 is 2.52 bits per heavy atom. The number of piperidine rings is 1. The first kappa shape index (κ1) is 19.6. The van der Waals surface area contributed by atoms with Crippen molar-refractivity contribution in [2.45, 2.75) is 31.7 Å². The summed E-state index contributed by atoms with van der Waals surface area (Å²) in [4.78, 5) is 29.8. The van der Waals surface area contributed by atoms with E-state index in [0.29, 0.717) is 5.69 Å².